The summed E-state index contributed by atoms with van der Waals surface area (Å²) in [5.74, 6) is -0.567. The van der Waals surface area contributed by atoms with Gasteiger partial charge in [0, 0.05) is 37.4 Å². The topological polar surface area (TPSA) is 136 Å². The number of nitrogens with zero attached hydrogens (tertiary/aromatic N) is 8. The van der Waals surface area contributed by atoms with Crippen LogP contribution in [-0.2, 0) is 25.9 Å². The number of carbonyl (C=O) groups is 1. The molecular formula is C34H27F6N9O. The van der Waals surface area contributed by atoms with E-state index in [1.807, 2.05) is 6.07 Å². The van der Waals surface area contributed by atoms with E-state index in [-0.39, 0.29) is 63.8 Å². The number of nitrogens with one attached hydrogen (secondary N) is 1. The number of hydrogen-bond donors (Lipinski definition) is 1. The summed E-state index contributed by atoms with van der Waals surface area (Å²) in [6, 6.07) is 12.1. The van der Waals surface area contributed by atoms with Crippen LogP contribution in [0.2, 0.25) is 0 Å². The molecule has 0 atom stereocenters. The summed E-state index contributed by atoms with van der Waals surface area (Å²) in [5.41, 5.74) is -3.09. The third-order valence-electron chi connectivity index (χ3n) is 8.69. The number of unbranched alkanes of at least 4 members (excludes halogenated alkanes) is 1. The molecule has 10 nitrogen and oxygen atoms in total. The lowest BCUT2D eigenvalue weighted by molar-refractivity contribution is -0.138. The second-order valence-electron chi connectivity index (χ2n) is 12.1. The van der Waals surface area contributed by atoms with E-state index in [0.717, 1.165) is 29.5 Å². The number of pyridine rings is 1. The number of aliphatic imine (C=N–C) groups is 1. The number of benzene rings is 2. The van der Waals surface area contributed by atoms with Crippen molar-refractivity contribution in [1.82, 2.24) is 19.7 Å². The van der Waals surface area contributed by atoms with Gasteiger partial charge in [0.25, 0.3) is 5.91 Å². The van der Waals surface area contributed by atoms with Gasteiger partial charge >= 0.3 is 12.4 Å². The molecule has 0 unspecified atom stereocenters. The highest BCUT2D eigenvalue weighted by atomic mass is 19.4. The highest BCUT2D eigenvalue weighted by Gasteiger charge is 2.41. The molecule has 0 radical (unpaired) electrons. The first-order chi connectivity index (χ1) is 23.7. The number of carbonyl (C=O) groups excluding carboxylic acids is 1. The Morgan fingerprint density at radius 3 is 2.42 bits per heavy atom. The molecule has 16 heteroatoms. The minimum Gasteiger partial charge on any atom is -0.370 e. The maximum absolute atomic E-state index is 14.4. The standard InChI is InChI=1S/C34H27F6N9O/c1-48-19-45-47-30(48)23-6-5-22(33(35,36)37)15-24(23)21-13-28(43-10-3-2-9-41)46-29(14-21)49-17-26-25(31(49)50)11-20(12-27(26)34(38,39)40)16-44-32(18-42)7-4-8-32/h5-6,11-16,19H,2-4,7-8,10,17H2,1H3,(H,43,46)/b44-16+. The number of aryl methyl sites for hydroxylation is 1. The largest absolute Gasteiger partial charge is 0.416 e. The monoisotopic (exact) mass is 691 g/mol. The molecule has 1 aliphatic carbocycles. The maximum atomic E-state index is 14.4. The van der Waals surface area contributed by atoms with Crippen LogP contribution in [0.15, 0.2) is 53.8 Å². The van der Waals surface area contributed by atoms with Crippen LogP contribution in [0.5, 0.6) is 0 Å². The van der Waals surface area contributed by atoms with Crippen LogP contribution in [0.4, 0.5) is 38.0 Å². The fourth-order valence-corrected chi connectivity index (χ4v) is 5.89. The predicted octanol–water partition coefficient (Wildman–Crippen LogP) is 7.32. The van der Waals surface area contributed by atoms with Gasteiger partial charge in [-0.2, -0.15) is 36.9 Å². The highest BCUT2D eigenvalue weighted by Crippen LogP contribution is 2.42. The van der Waals surface area contributed by atoms with Crippen molar-refractivity contribution >= 4 is 23.8 Å². The Balaban J connectivity index is 1.47. The van der Waals surface area contributed by atoms with Crippen LogP contribution >= 0.6 is 0 Å². The average Bonchev–Trinajstić information content (AvgIpc) is 3.63. The van der Waals surface area contributed by atoms with Gasteiger partial charge in [0.15, 0.2) is 5.82 Å². The van der Waals surface area contributed by atoms with Crippen LogP contribution in [0.25, 0.3) is 22.5 Å². The molecule has 6 rings (SSSR count). The zero-order chi connectivity index (χ0) is 35.8. The Hall–Kier alpha value is -5.77. The molecule has 0 spiro atoms. The summed E-state index contributed by atoms with van der Waals surface area (Å²) in [7, 11) is 1.61. The minimum atomic E-state index is -4.85. The van der Waals surface area contributed by atoms with E-state index < -0.39 is 41.5 Å². The number of aromatic nitrogens is 4. The van der Waals surface area contributed by atoms with E-state index >= 15 is 0 Å². The van der Waals surface area contributed by atoms with Crippen molar-refractivity contribution in [1.29, 1.82) is 10.5 Å². The molecule has 2 aromatic heterocycles. The summed E-state index contributed by atoms with van der Waals surface area (Å²) >= 11 is 0. The molecule has 0 saturated heterocycles. The van der Waals surface area contributed by atoms with Gasteiger partial charge in [-0.25, -0.2) is 4.98 Å². The molecule has 1 N–H and O–H groups in total. The van der Waals surface area contributed by atoms with Gasteiger partial charge in [-0.15, -0.1) is 10.2 Å². The van der Waals surface area contributed by atoms with Gasteiger partial charge in [-0.1, -0.05) is 0 Å². The van der Waals surface area contributed by atoms with Gasteiger partial charge in [-0.3, -0.25) is 14.7 Å². The Morgan fingerprint density at radius 2 is 1.80 bits per heavy atom. The number of alkyl halides is 6. The number of hydrogen-bond acceptors (Lipinski definition) is 8. The maximum Gasteiger partial charge on any atom is 0.416 e. The average molecular weight is 692 g/mol. The first kappa shape index (κ1) is 34.1. The van der Waals surface area contributed by atoms with Crippen LogP contribution in [0.3, 0.4) is 0 Å². The fraction of sp³-hybridized carbons (Fsp3) is 0.324. The Morgan fingerprint density at radius 1 is 1.02 bits per heavy atom. The van der Waals surface area contributed by atoms with Crippen LogP contribution < -0.4 is 10.2 Å². The molecular weight excluding hydrogens is 664 g/mol. The van der Waals surface area contributed by atoms with E-state index in [9.17, 15) is 36.4 Å². The zero-order valence-electron chi connectivity index (χ0n) is 26.4. The summed E-state index contributed by atoms with van der Waals surface area (Å²) in [6.07, 6.45) is -4.70. The molecule has 4 aromatic rings. The number of anilines is 2. The lowest BCUT2D eigenvalue weighted by Gasteiger charge is -2.30. The summed E-state index contributed by atoms with van der Waals surface area (Å²) in [6.45, 7) is -0.285. The third kappa shape index (κ3) is 6.61. The van der Waals surface area contributed by atoms with Gasteiger partial charge in [0.2, 0.25) is 0 Å². The molecule has 2 aromatic carbocycles. The minimum absolute atomic E-state index is 0.00774. The normalized spacial score (nSPS) is 15.5. The van der Waals surface area contributed by atoms with E-state index in [4.69, 9.17) is 5.26 Å². The Bertz CT molecular complexity index is 2080. The lowest BCUT2D eigenvalue weighted by atomic mass is 9.79. The fourth-order valence-electron chi connectivity index (χ4n) is 5.89. The Labute approximate surface area is 281 Å². The summed E-state index contributed by atoms with van der Waals surface area (Å²) < 4.78 is 86.6. The number of nitriles is 2. The molecule has 1 aliphatic heterocycles. The second kappa shape index (κ2) is 12.9. The first-order valence-electron chi connectivity index (χ1n) is 15.4. The quantitative estimate of drug-likeness (QED) is 0.110. The molecule has 50 heavy (non-hydrogen) atoms. The van der Waals surface area contributed by atoms with E-state index in [1.165, 1.54) is 41.4 Å². The van der Waals surface area contributed by atoms with Crippen molar-refractivity contribution in [3.05, 3.63) is 76.6 Å². The summed E-state index contributed by atoms with van der Waals surface area (Å²) in [5, 5.41) is 29.4. The molecule has 1 fully saturated rings. The number of halogens is 6. The van der Waals surface area contributed by atoms with Crippen molar-refractivity contribution < 1.29 is 31.1 Å². The van der Waals surface area contributed by atoms with Crippen molar-refractivity contribution in [3.63, 3.8) is 0 Å². The first-order valence-corrected chi connectivity index (χ1v) is 15.4. The highest BCUT2D eigenvalue weighted by molar-refractivity contribution is 6.11. The summed E-state index contributed by atoms with van der Waals surface area (Å²) in [4.78, 5) is 23.6. The number of amides is 1. The van der Waals surface area contributed by atoms with Crippen molar-refractivity contribution in [3.8, 4) is 34.7 Å². The van der Waals surface area contributed by atoms with E-state index in [1.54, 1.807) is 7.05 Å². The second-order valence-corrected chi connectivity index (χ2v) is 12.1. The molecule has 0 bridgehead atoms. The van der Waals surface area contributed by atoms with Crippen LogP contribution in [0.1, 0.15) is 64.7 Å². The zero-order valence-corrected chi connectivity index (χ0v) is 26.4. The van der Waals surface area contributed by atoms with E-state index in [0.29, 0.717) is 19.3 Å². The van der Waals surface area contributed by atoms with Crippen LogP contribution in [0, 0.1) is 22.7 Å². The van der Waals surface area contributed by atoms with E-state index in [2.05, 4.69) is 31.6 Å². The smallest absolute Gasteiger partial charge is 0.370 e. The molecule has 256 valence electrons. The van der Waals surface area contributed by atoms with Gasteiger partial charge in [0.05, 0.1) is 29.8 Å². The van der Waals surface area contributed by atoms with Gasteiger partial charge in [-0.05, 0) is 90.4 Å². The van der Waals surface area contributed by atoms with Crippen molar-refractivity contribution in [2.75, 3.05) is 16.8 Å². The van der Waals surface area contributed by atoms with Gasteiger partial charge < -0.3 is 9.88 Å². The number of rotatable bonds is 9. The lowest BCUT2D eigenvalue weighted by Crippen LogP contribution is -2.33. The van der Waals surface area contributed by atoms with Crippen molar-refractivity contribution in [2.45, 2.75) is 56.5 Å². The molecule has 3 heterocycles. The van der Waals surface area contributed by atoms with Crippen molar-refractivity contribution in [2.24, 2.45) is 12.0 Å². The molecule has 1 amide bonds. The SMILES string of the molecule is Cn1cnnc1-c1ccc(C(F)(F)F)cc1-c1cc(NCCCC#N)nc(N2Cc3c(cc(/C=N/C4(C#N)CCC4)cc3C(F)(F)F)C2=O)c1. The number of fused-ring (bicyclic) bond motifs is 1. The molecule has 1 saturated carbocycles. The Kier molecular flexibility index (Phi) is 8.82. The third-order valence-corrected chi connectivity index (χ3v) is 8.69. The van der Waals surface area contributed by atoms with Gasteiger partial charge in [0.1, 0.15) is 23.5 Å². The predicted molar refractivity (Wildman–Crippen MR) is 170 cm³/mol. The van der Waals surface area contributed by atoms with Crippen LogP contribution in [-0.4, -0.2) is 44.0 Å². The molecule has 2 aliphatic rings.